The zero-order chi connectivity index (χ0) is 12.3. The molecule has 0 heterocycles. The first kappa shape index (κ1) is 22.7. The molecule has 17 heavy (non-hydrogen) atoms. The molecule has 0 atom stereocenters. The van der Waals surface area contributed by atoms with E-state index < -0.39 is 24.7 Å². The molecular weight excluding hydrogens is 260 g/mol. The minimum Gasteiger partial charge on any atom is -0.398 e. The third kappa shape index (κ3) is 16.6. The van der Waals surface area contributed by atoms with Crippen molar-refractivity contribution in [2.24, 2.45) is 0 Å². The monoisotopic (exact) mass is 296 g/mol. The topological polar surface area (TPSA) is 18.5 Å². The summed E-state index contributed by atoms with van der Waals surface area (Å²) in [6.45, 7) is 18.3. The third-order valence-electron chi connectivity index (χ3n) is 1.71. The SMILES string of the molecule is C.C.C[Si](C)(C)CO[Si](C)(C)OC[Si](C)(C)C. The Morgan fingerprint density at radius 3 is 1.00 bits per heavy atom. The van der Waals surface area contributed by atoms with Gasteiger partial charge >= 0.3 is 8.56 Å². The molecule has 2 nitrogen and oxygen atoms in total. The van der Waals surface area contributed by atoms with Crippen molar-refractivity contribution >= 4 is 24.7 Å². The molecule has 0 spiro atoms. The van der Waals surface area contributed by atoms with Crippen LogP contribution >= 0.6 is 0 Å². The van der Waals surface area contributed by atoms with Gasteiger partial charge in [-0.05, 0) is 13.1 Å². The summed E-state index contributed by atoms with van der Waals surface area (Å²) < 4.78 is 12.0. The molecule has 0 saturated carbocycles. The smallest absolute Gasteiger partial charge is 0.331 e. The lowest BCUT2D eigenvalue weighted by atomic mass is 11.7. The van der Waals surface area contributed by atoms with Gasteiger partial charge in [0, 0.05) is 12.5 Å². The molecule has 0 N–H and O–H groups in total. The predicted molar refractivity (Wildman–Crippen MR) is 89.5 cm³/mol. The van der Waals surface area contributed by atoms with Gasteiger partial charge in [-0.25, -0.2) is 0 Å². The highest BCUT2D eigenvalue weighted by Gasteiger charge is 2.29. The Morgan fingerprint density at radius 1 is 0.588 bits per heavy atom. The van der Waals surface area contributed by atoms with Gasteiger partial charge in [-0.2, -0.15) is 0 Å². The highest BCUT2D eigenvalue weighted by Crippen LogP contribution is 2.13. The van der Waals surface area contributed by atoms with Crippen molar-refractivity contribution in [2.45, 2.75) is 67.2 Å². The van der Waals surface area contributed by atoms with Crippen molar-refractivity contribution in [1.29, 1.82) is 0 Å². The fraction of sp³-hybridized carbons (Fsp3) is 1.00. The maximum absolute atomic E-state index is 5.99. The van der Waals surface area contributed by atoms with Gasteiger partial charge in [0.2, 0.25) is 0 Å². The molecule has 0 bridgehead atoms. The van der Waals surface area contributed by atoms with E-state index in [9.17, 15) is 0 Å². The minimum absolute atomic E-state index is 0. The maximum Gasteiger partial charge on any atom is 0.331 e. The lowest BCUT2D eigenvalue weighted by Crippen LogP contribution is -2.44. The van der Waals surface area contributed by atoms with Gasteiger partial charge in [-0.3, -0.25) is 0 Å². The largest absolute Gasteiger partial charge is 0.398 e. The van der Waals surface area contributed by atoms with Crippen LogP contribution in [0.5, 0.6) is 0 Å². The molecule has 0 rings (SSSR count). The second kappa shape index (κ2) is 7.89. The molecule has 0 fully saturated rings. The molecule has 0 aliphatic carbocycles. The first-order valence-electron chi connectivity index (χ1n) is 5.69. The van der Waals surface area contributed by atoms with Gasteiger partial charge in [0.25, 0.3) is 0 Å². The number of hydrogen-bond acceptors (Lipinski definition) is 2. The number of rotatable bonds is 6. The van der Waals surface area contributed by atoms with E-state index in [0.717, 1.165) is 12.5 Å². The average Bonchev–Trinajstić information content (AvgIpc) is 1.96. The fourth-order valence-electron chi connectivity index (χ4n) is 0.822. The molecule has 0 unspecified atom stereocenters. The molecule has 0 aliphatic heterocycles. The Hall–Kier alpha value is 0.571. The fourth-order valence-corrected chi connectivity index (χ4v) is 7.15. The molecule has 0 aliphatic rings. The molecule has 0 aromatic carbocycles. The van der Waals surface area contributed by atoms with E-state index in [0.29, 0.717) is 0 Å². The van der Waals surface area contributed by atoms with Gasteiger partial charge in [0.15, 0.2) is 0 Å². The van der Waals surface area contributed by atoms with E-state index in [1.807, 2.05) is 0 Å². The zero-order valence-electron chi connectivity index (χ0n) is 11.7. The highest BCUT2D eigenvalue weighted by molar-refractivity contribution is 6.78. The molecule has 0 amide bonds. The van der Waals surface area contributed by atoms with Crippen LogP contribution < -0.4 is 0 Å². The number of hydrogen-bond donors (Lipinski definition) is 0. The van der Waals surface area contributed by atoms with Crippen LogP contribution in [0.1, 0.15) is 14.9 Å². The first-order chi connectivity index (χ1) is 6.41. The molecular formula is C12H36O2Si3. The van der Waals surface area contributed by atoms with Crippen LogP contribution in [0.25, 0.3) is 0 Å². The Kier molecular flexibility index (Phi) is 10.5. The van der Waals surface area contributed by atoms with Gasteiger partial charge in [0.1, 0.15) is 0 Å². The summed E-state index contributed by atoms with van der Waals surface area (Å²) in [5.74, 6) is 0. The summed E-state index contributed by atoms with van der Waals surface area (Å²) in [7, 11) is -4.05. The van der Waals surface area contributed by atoms with Gasteiger partial charge < -0.3 is 8.85 Å². The standard InChI is InChI=1S/C10H28O2Si3.2CH4/c1-13(2,3)9-11-15(7,8)12-10-14(4,5)6;;/h9-10H2,1-8H3;2*1H4. The van der Waals surface area contributed by atoms with Crippen molar-refractivity contribution in [2.75, 3.05) is 12.5 Å². The van der Waals surface area contributed by atoms with E-state index in [2.05, 4.69) is 52.4 Å². The summed E-state index contributed by atoms with van der Waals surface area (Å²) in [4.78, 5) is 0. The summed E-state index contributed by atoms with van der Waals surface area (Å²) >= 11 is 0. The Bertz CT molecular complexity index is 173. The minimum atomic E-state index is -1.85. The highest BCUT2D eigenvalue weighted by atomic mass is 28.4. The second-order valence-corrected chi connectivity index (χ2v) is 21.3. The van der Waals surface area contributed by atoms with Crippen LogP contribution in [0.4, 0.5) is 0 Å². The maximum atomic E-state index is 5.99. The summed E-state index contributed by atoms with van der Waals surface area (Å²) in [6.07, 6.45) is 1.86. The Labute approximate surface area is 113 Å². The van der Waals surface area contributed by atoms with Crippen LogP contribution in [0.3, 0.4) is 0 Å². The van der Waals surface area contributed by atoms with Crippen molar-refractivity contribution in [3.63, 3.8) is 0 Å². The van der Waals surface area contributed by atoms with Crippen molar-refractivity contribution < 1.29 is 8.85 Å². The van der Waals surface area contributed by atoms with E-state index in [4.69, 9.17) is 8.85 Å². The molecule has 0 aromatic rings. The van der Waals surface area contributed by atoms with E-state index in [1.165, 1.54) is 0 Å². The predicted octanol–water partition coefficient (Wildman–Crippen LogP) is 4.75. The van der Waals surface area contributed by atoms with Crippen LogP contribution in [0.15, 0.2) is 0 Å². The molecule has 5 heteroatoms. The molecule has 108 valence electrons. The quantitative estimate of drug-likeness (QED) is 0.659. The van der Waals surface area contributed by atoms with E-state index in [1.54, 1.807) is 0 Å². The van der Waals surface area contributed by atoms with E-state index in [-0.39, 0.29) is 14.9 Å². The zero-order valence-corrected chi connectivity index (χ0v) is 14.7. The van der Waals surface area contributed by atoms with Gasteiger partial charge in [-0.15, -0.1) is 0 Å². The van der Waals surface area contributed by atoms with Crippen LogP contribution in [-0.2, 0) is 8.85 Å². The summed E-state index contributed by atoms with van der Waals surface area (Å²) in [5.41, 5.74) is 0. The Balaban J connectivity index is -0.000000980. The molecule has 0 radical (unpaired) electrons. The van der Waals surface area contributed by atoms with Gasteiger partial charge in [0.05, 0.1) is 16.1 Å². The lowest BCUT2D eigenvalue weighted by Gasteiger charge is -2.29. The summed E-state index contributed by atoms with van der Waals surface area (Å²) in [6, 6.07) is 0. The van der Waals surface area contributed by atoms with Crippen molar-refractivity contribution in [3.05, 3.63) is 0 Å². The second-order valence-electron chi connectivity index (χ2n) is 7.10. The van der Waals surface area contributed by atoms with Crippen molar-refractivity contribution in [3.8, 4) is 0 Å². The molecule has 0 saturated heterocycles. The average molecular weight is 297 g/mol. The van der Waals surface area contributed by atoms with E-state index >= 15 is 0 Å². The lowest BCUT2D eigenvalue weighted by molar-refractivity contribution is 0.226. The molecule has 0 aromatic heterocycles. The third-order valence-corrected chi connectivity index (χ3v) is 5.98. The van der Waals surface area contributed by atoms with Gasteiger partial charge in [-0.1, -0.05) is 54.1 Å². The Morgan fingerprint density at radius 2 is 0.824 bits per heavy atom. The van der Waals surface area contributed by atoms with Crippen LogP contribution in [-0.4, -0.2) is 37.2 Å². The van der Waals surface area contributed by atoms with Crippen LogP contribution in [0.2, 0.25) is 52.4 Å². The normalized spacial score (nSPS) is 12.7. The summed E-state index contributed by atoms with van der Waals surface area (Å²) in [5, 5.41) is 0. The first-order valence-corrected chi connectivity index (χ1v) is 15.9. The van der Waals surface area contributed by atoms with Crippen molar-refractivity contribution in [1.82, 2.24) is 0 Å². The van der Waals surface area contributed by atoms with Crippen LogP contribution in [0, 0.1) is 0 Å².